The highest BCUT2D eigenvalue weighted by Gasteiger charge is 2.09. The molecule has 1 aromatic carbocycles. The van der Waals surface area contributed by atoms with Crippen LogP contribution in [0.4, 0.5) is 10.1 Å². The van der Waals surface area contributed by atoms with Gasteiger partial charge in [0.2, 0.25) is 0 Å². The van der Waals surface area contributed by atoms with E-state index in [1.807, 2.05) is 26.8 Å². The van der Waals surface area contributed by atoms with Crippen molar-refractivity contribution in [3.05, 3.63) is 52.6 Å². The lowest BCUT2D eigenvalue weighted by Gasteiger charge is -2.13. The Bertz CT molecular complexity index is 606. The van der Waals surface area contributed by atoms with Crippen LogP contribution >= 0.6 is 0 Å². The Morgan fingerprint density at radius 2 is 1.95 bits per heavy atom. The van der Waals surface area contributed by atoms with E-state index in [2.05, 4.69) is 10.3 Å². The van der Waals surface area contributed by atoms with Crippen molar-refractivity contribution >= 4 is 5.69 Å². The predicted octanol–water partition coefficient (Wildman–Crippen LogP) is 3.77. The molecule has 0 saturated heterocycles. The van der Waals surface area contributed by atoms with Crippen LogP contribution in [0.1, 0.15) is 22.4 Å². The molecule has 0 aliphatic carbocycles. The topological polar surface area (TPSA) is 34.1 Å². The van der Waals surface area contributed by atoms with Gasteiger partial charge in [-0.2, -0.15) is 0 Å². The first-order chi connectivity index (χ1) is 9.51. The van der Waals surface area contributed by atoms with Gasteiger partial charge in [0.1, 0.15) is 11.6 Å². The number of rotatable bonds is 4. The second-order valence-corrected chi connectivity index (χ2v) is 4.92. The third-order valence-corrected chi connectivity index (χ3v) is 3.25. The number of nitrogens with zero attached hydrogens (tertiary/aromatic N) is 1. The molecule has 0 aliphatic heterocycles. The average molecular weight is 274 g/mol. The Labute approximate surface area is 118 Å². The highest BCUT2D eigenvalue weighted by Crippen LogP contribution is 2.24. The quantitative estimate of drug-likeness (QED) is 0.921. The monoisotopic (exact) mass is 274 g/mol. The standard InChI is InChI=1S/C16H19FN2O/c1-10-5-13(17)7-14(6-10)18-9-15-12(3)16(20-4)11(2)8-19-15/h5-8,18H,9H2,1-4H3. The number of hydrogen-bond acceptors (Lipinski definition) is 3. The average Bonchev–Trinajstić information content (AvgIpc) is 2.37. The first-order valence-corrected chi connectivity index (χ1v) is 6.51. The second kappa shape index (κ2) is 5.90. The van der Waals surface area contributed by atoms with Crippen LogP contribution < -0.4 is 10.1 Å². The van der Waals surface area contributed by atoms with Crippen molar-refractivity contribution in [2.75, 3.05) is 12.4 Å². The van der Waals surface area contributed by atoms with Gasteiger partial charge in [0.25, 0.3) is 0 Å². The Morgan fingerprint density at radius 3 is 2.60 bits per heavy atom. The molecule has 106 valence electrons. The maximum absolute atomic E-state index is 13.3. The summed E-state index contributed by atoms with van der Waals surface area (Å²) in [6.07, 6.45) is 1.79. The van der Waals surface area contributed by atoms with E-state index in [1.54, 1.807) is 13.3 Å². The van der Waals surface area contributed by atoms with E-state index in [0.29, 0.717) is 6.54 Å². The number of aromatic nitrogens is 1. The lowest BCUT2D eigenvalue weighted by Crippen LogP contribution is -2.06. The lowest BCUT2D eigenvalue weighted by molar-refractivity contribution is 0.407. The number of anilines is 1. The van der Waals surface area contributed by atoms with Gasteiger partial charge in [-0.25, -0.2) is 4.39 Å². The predicted molar refractivity (Wildman–Crippen MR) is 78.7 cm³/mol. The van der Waals surface area contributed by atoms with Crippen LogP contribution in [0, 0.1) is 26.6 Å². The van der Waals surface area contributed by atoms with Gasteiger partial charge >= 0.3 is 0 Å². The minimum absolute atomic E-state index is 0.237. The van der Waals surface area contributed by atoms with E-state index >= 15 is 0 Å². The number of nitrogens with one attached hydrogen (secondary N) is 1. The van der Waals surface area contributed by atoms with Crippen LogP contribution in [0.3, 0.4) is 0 Å². The van der Waals surface area contributed by atoms with Gasteiger partial charge in [-0.1, -0.05) is 0 Å². The third kappa shape index (κ3) is 3.07. The second-order valence-electron chi connectivity index (χ2n) is 4.92. The fourth-order valence-electron chi connectivity index (χ4n) is 2.27. The van der Waals surface area contributed by atoms with Crippen LogP contribution in [0.5, 0.6) is 5.75 Å². The van der Waals surface area contributed by atoms with E-state index in [0.717, 1.165) is 33.8 Å². The molecule has 0 amide bonds. The van der Waals surface area contributed by atoms with Crippen molar-refractivity contribution in [2.45, 2.75) is 27.3 Å². The van der Waals surface area contributed by atoms with E-state index in [4.69, 9.17) is 4.74 Å². The molecule has 1 N–H and O–H groups in total. The first-order valence-electron chi connectivity index (χ1n) is 6.51. The fraction of sp³-hybridized carbons (Fsp3) is 0.312. The summed E-state index contributed by atoms with van der Waals surface area (Å²) in [5.41, 5.74) is 4.56. The molecule has 2 aromatic rings. The summed E-state index contributed by atoms with van der Waals surface area (Å²) >= 11 is 0. The summed E-state index contributed by atoms with van der Waals surface area (Å²) in [5, 5.41) is 3.20. The minimum Gasteiger partial charge on any atom is -0.496 e. The summed E-state index contributed by atoms with van der Waals surface area (Å²) in [4.78, 5) is 4.41. The lowest BCUT2D eigenvalue weighted by atomic mass is 10.1. The molecule has 0 aliphatic rings. The van der Waals surface area contributed by atoms with Crippen LogP contribution in [0.15, 0.2) is 24.4 Å². The molecule has 0 unspecified atom stereocenters. The number of hydrogen-bond donors (Lipinski definition) is 1. The molecule has 2 rings (SSSR count). The molecule has 20 heavy (non-hydrogen) atoms. The molecular weight excluding hydrogens is 255 g/mol. The number of benzene rings is 1. The Balaban J connectivity index is 2.19. The number of aryl methyl sites for hydroxylation is 2. The normalized spacial score (nSPS) is 10.4. The Kier molecular flexibility index (Phi) is 4.23. The molecule has 0 atom stereocenters. The minimum atomic E-state index is -0.237. The van der Waals surface area contributed by atoms with Gasteiger partial charge in [0.15, 0.2) is 0 Å². The van der Waals surface area contributed by atoms with Crippen molar-refractivity contribution in [1.29, 1.82) is 0 Å². The maximum atomic E-state index is 13.3. The summed E-state index contributed by atoms with van der Waals surface area (Å²) in [6.45, 7) is 6.34. The number of methoxy groups -OCH3 is 1. The van der Waals surface area contributed by atoms with Crippen LogP contribution in [-0.2, 0) is 6.54 Å². The van der Waals surface area contributed by atoms with Gasteiger partial charge in [0, 0.05) is 23.0 Å². The van der Waals surface area contributed by atoms with E-state index < -0.39 is 0 Å². The number of pyridine rings is 1. The van der Waals surface area contributed by atoms with Crippen LogP contribution in [0.2, 0.25) is 0 Å². The maximum Gasteiger partial charge on any atom is 0.128 e. The molecule has 0 fully saturated rings. The van der Waals surface area contributed by atoms with Gasteiger partial charge < -0.3 is 10.1 Å². The smallest absolute Gasteiger partial charge is 0.128 e. The molecule has 4 heteroatoms. The zero-order chi connectivity index (χ0) is 14.7. The number of ether oxygens (including phenoxy) is 1. The molecule has 1 aromatic heterocycles. The zero-order valence-electron chi connectivity index (χ0n) is 12.2. The molecule has 0 saturated carbocycles. The Morgan fingerprint density at radius 1 is 1.20 bits per heavy atom. The molecule has 1 heterocycles. The summed E-state index contributed by atoms with van der Waals surface area (Å²) in [7, 11) is 1.66. The fourth-order valence-corrected chi connectivity index (χ4v) is 2.27. The van der Waals surface area contributed by atoms with Crippen LogP contribution in [-0.4, -0.2) is 12.1 Å². The third-order valence-electron chi connectivity index (χ3n) is 3.25. The summed E-state index contributed by atoms with van der Waals surface area (Å²) in [5.74, 6) is 0.617. The number of halogens is 1. The SMILES string of the molecule is COc1c(C)cnc(CNc2cc(C)cc(F)c2)c1C. The van der Waals surface area contributed by atoms with Gasteiger partial charge in [-0.05, 0) is 44.5 Å². The highest BCUT2D eigenvalue weighted by molar-refractivity contribution is 5.48. The van der Waals surface area contributed by atoms with Gasteiger partial charge in [-0.15, -0.1) is 0 Å². The van der Waals surface area contributed by atoms with Gasteiger partial charge in [-0.3, -0.25) is 4.98 Å². The van der Waals surface area contributed by atoms with Crippen molar-refractivity contribution < 1.29 is 9.13 Å². The van der Waals surface area contributed by atoms with Crippen molar-refractivity contribution in [3.8, 4) is 5.75 Å². The van der Waals surface area contributed by atoms with Crippen LogP contribution in [0.25, 0.3) is 0 Å². The molecular formula is C16H19FN2O. The molecule has 0 bridgehead atoms. The Hall–Kier alpha value is -2.10. The molecule has 0 radical (unpaired) electrons. The molecule has 3 nitrogen and oxygen atoms in total. The zero-order valence-corrected chi connectivity index (χ0v) is 12.2. The van der Waals surface area contributed by atoms with Crippen molar-refractivity contribution in [2.24, 2.45) is 0 Å². The first kappa shape index (κ1) is 14.3. The summed E-state index contributed by atoms with van der Waals surface area (Å²) < 4.78 is 18.7. The van der Waals surface area contributed by atoms with E-state index in [1.165, 1.54) is 12.1 Å². The summed E-state index contributed by atoms with van der Waals surface area (Å²) in [6, 6.07) is 4.89. The molecule has 0 spiro atoms. The van der Waals surface area contributed by atoms with E-state index in [9.17, 15) is 4.39 Å². The van der Waals surface area contributed by atoms with Crippen molar-refractivity contribution in [3.63, 3.8) is 0 Å². The van der Waals surface area contributed by atoms with E-state index in [-0.39, 0.29) is 5.82 Å². The largest absolute Gasteiger partial charge is 0.496 e. The van der Waals surface area contributed by atoms with Gasteiger partial charge in [0.05, 0.1) is 19.3 Å². The van der Waals surface area contributed by atoms with Crippen molar-refractivity contribution in [1.82, 2.24) is 4.98 Å². The highest BCUT2D eigenvalue weighted by atomic mass is 19.1.